The number of aliphatic hydroxyl groups excluding tert-OH is 2. The molecule has 1 aliphatic rings. The van der Waals surface area contributed by atoms with Gasteiger partial charge in [-0.25, -0.2) is 28.6 Å². The summed E-state index contributed by atoms with van der Waals surface area (Å²) >= 11 is 0.934. The molecule has 10 N–H and O–H groups in total. The van der Waals surface area contributed by atoms with Crippen LogP contribution in [0.25, 0.3) is 11.2 Å². The molecule has 0 bridgehead atoms. The third-order valence-electron chi connectivity index (χ3n) is 9.67. The Balaban J connectivity index is 1.36. The van der Waals surface area contributed by atoms with Gasteiger partial charge in [-0.2, -0.15) is 4.31 Å². The highest BCUT2D eigenvalue weighted by Crippen LogP contribution is 2.61. The van der Waals surface area contributed by atoms with Gasteiger partial charge in [0.15, 0.2) is 22.8 Å². The van der Waals surface area contributed by atoms with Gasteiger partial charge in [0.25, 0.3) is 0 Å². The van der Waals surface area contributed by atoms with Gasteiger partial charge in [0, 0.05) is 37.1 Å². The number of aromatic nitrogens is 4. The maximum Gasteiger partial charge on any atom is 0.481 e. The van der Waals surface area contributed by atoms with Crippen LogP contribution in [0.3, 0.4) is 0 Å². The van der Waals surface area contributed by atoms with Crippen molar-refractivity contribution in [1.82, 2.24) is 30.2 Å². The van der Waals surface area contributed by atoms with Gasteiger partial charge in [-0.1, -0.05) is 83.9 Å². The molecule has 3 heterocycles. The molecule has 0 aliphatic carbocycles. The first-order valence-electron chi connectivity index (χ1n) is 20.5. The van der Waals surface area contributed by atoms with Crippen molar-refractivity contribution >= 4 is 74.9 Å². The molecule has 2 unspecified atom stereocenters. The number of nitrogens with one attached hydrogen (secondary N) is 2. The number of ether oxygens (including phenoxy) is 1. The van der Waals surface area contributed by atoms with Gasteiger partial charge < -0.3 is 50.9 Å². The number of hydrogen-bond donors (Lipinski definition) is 9. The van der Waals surface area contributed by atoms with Crippen LogP contribution in [0.1, 0.15) is 104 Å². The Labute approximate surface area is 373 Å². The van der Waals surface area contributed by atoms with Crippen LogP contribution >= 0.6 is 35.2 Å². The van der Waals surface area contributed by atoms with Crippen LogP contribution in [0, 0.1) is 5.41 Å². The standard InChI is InChI=1S/C35H60N7O18P3S/c1-4-5-6-7-8-9-10-11-12-13-23(43)18-26(45)64-17-16-37-25(44)14-15-38-33(48)30(47)35(2,3)20-57-63(54,55)60-62(52,53)56-19-24-29(59-61(49,50)51)28(46)34(58-24)42-22-41-27-31(36)39-21-40-32(27)42/h21-22,24,28-30,34,46-47H,4-20H2,1-3H3,(H,37,44)(H,38,48)(H,52,53)(H,54,55)(H2,36,39,40)(H2,49,50,51)/t24-,28-,29-,30+,34-/m1/s1. The fourth-order valence-corrected chi connectivity index (χ4v) is 9.75. The SMILES string of the molecule is CCCCCCCCCCCC(=O)CC(=O)SCCNC(=O)CCNC(=O)[C@H](O)C(C)(C)COP(=O)(O)OP(=O)(O)OC[C@H]1O[C@@H](n2cnc3c(N)ncnc32)[C@H](O)[C@@H]1OP(=O)(O)O. The second kappa shape index (κ2) is 26.0. The lowest BCUT2D eigenvalue weighted by Crippen LogP contribution is -2.46. The third-order valence-corrected chi connectivity index (χ3v) is 13.6. The van der Waals surface area contributed by atoms with E-state index in [2.05, 4.69) is 41.3 Å². The Bertz CT molecular complexity index is 2010. The molecule has 25 nitrogen and oxygen atoms in total. The summed E-state index contributed by atoms with van der Waals surface area (Å²) in [4.78, 5) is 100. The molecule has 364 valence electrons. The first-order valence-corrected chi connectivity index (χ1v) is 26.0. The van der Waals surface area contributed by atoms with E-state index in [1.807, 2.05) is 0 Å². The number of phosphoric ester groups is 3. The van der Waals surface area contributed by atoms with Crippen molar-refractivity contribution in [2.75, 3.05) is 37.8 Å². The second-order valence-electron chi connectivity index (χ2n) is 15.6. The smallest absolute Gasteiger partial charge is 0.386 e. The van der Waals surface area contributed by atoms with Crippen molar-refractivity contribution in [1.29, 1.82) is 0 Å². The summed E-state index contributed by atoms with van der Waals surface area (Å²) in [5.74, 6) is -1.40. The number of hydrogen-bond acceptors (Lipinski definition) is 19. The Morgan fingerprint density at radius 2 is 1.56 bits per heavy atom. The number of nitrogen functional groups attached to an aromatic ring is 1. The number of anilines is 1. The lowest BCUT2D eigenvalue weighted by atomic mass is 9.87. The summed E-state index contributed by atoms with van der Waals surface area (Å²) in [7, 11) is -16.4. The molecule has 1 fully saturated rings. The minimum Gasteiger partial charge on any atom is -0.386 e. The van der Waals surface area contributed by atoms with Crippen LogP contribution in [0.15, 0.2) is 12.7 Å². The van der Waals surface area contributed by atoms with E-state index in [-0.39, 0.29) is 59.6 Å². The molecule has 1 aliphatic heterocycles. The highest BCUT2D eigenvalue weighted by molar-refractivity contribution is 8.13. The highest BCUT2D eigenvalue weighted by Gasteiger charge is 2.50. The molecule has 0 spiro atoms. The van der Waals surface area contributed by atoms with Gasteiger partial charge in [0.05, 0.1) is 26.0 Å². The average Bonchev–Trinajstić information content (AvgIpc) is 3.76. The molecular weight excluding hydrogens is 931 g/mol. The van der Waals surface area contributed by atoms with E-state index in [0.29, 0.717) is 6.42 Å². The molecule has 3 rings (SSSR count). The number of nitrogens with two attached hydrogens (primary N) is 1. The second-order valence-corrected chi connectivity index (χ2v) is 21.0. The molecule has 0 radical (unpaired) electrons. The Kier molecular flexibility index (Phi) is 22.5. The van der Waals surface area contributed by atoms with Crippen LogP contribution in [-0.2, 0) is 55.5 Å². The average molecular weight is 992 g/mol. The predicted molar refractivity (Wildman–Crippen MR) is 229 cm³/mol. The van der Waals surface area contributed by atoms with Crippen LogP contribution in [0.5, 0.6) is 0 Å². The molecule has 1 saturated heterocycles. The number of amides is 2. The monoisotopic (exact) mass is 991 g/mol. The molecular formula is C35H60N7O18P3S. The molecule has 2 aromatic rings. The van der Waals surface area contributed by atoms with Crippen molar-refractivity contribution in [3.05, 3.63) is 12.7 Å². The quantitative estimate of drug-likeness (QED) is 0.0298. The first-order chi connectivity index (χ1) is 29.9. The Morgan fingerprint density at radius 1 is 0.922 bits per heavy atom. The zero-order chi connectivity index (χ0) is 47.7. The number of ketones is 1. The zero-order valence-electron chi connectivity index (χ0n) is 35.8. The predicted octanol–water partition coefficient (Wildman–Crippen LogP) is 2.54. The van der Waals surface area contributed by atoms with E-state index in [1.165, 1.54) is 46.0 Å². The number of nitrogens with zero attached hydrogens (tertiary/aromatic N) is 4. The van der Waals surface area contributed by atoms with Gasteiger partial charge in [-0.05, 0) is 6.42 Å². The largest absolute Gasteiger partial charge is 0.481 e. The topological polar surface area (TPSA) is 381 Å². The minimum absolute atomic E-state index is 0.0259. The lowest BCUT2D eigenvalue weighted by Gasteiger charge is -2.30. The fourth-order valence-electron chi connectivity index (χ4n) is 6.23. The molecule has 29 heteroatoms. The maximum absolute atomic E-state index is 12.7. The van der Waals surface area contributed by atoms with E-state index < -0.39 is 84.6 Å². The van der Waals surface area contributed by atoms with E-state index in [0.717, 1.165) is 54.7 Å². The fraction of sp³-hybridized carbons (Fsp3) is 0.743. The Morgan fingerprint density at radius 3 is 2.22 bits per heavy atom. The number of thioether (sulfide) groups is 1. The van der Waals surface area contributed by atoms with E-state index in [1.54, 1.807) is 0 Å². The van der Waals surface area contributed by atoms with E-state index in [4.69, 9.17) is 19.5 Å². The normalized spacial score (nSPS) is 20.4. The summed E-state index contributed by atoms with van der Waals surface area (Å²) in [5.41, 5.74) is 4.24. The summed E-state index contributed by atoms with van der Waals surface area (Å²) in [6.07, 6.45) is 3.29. The van der Waals surface area contributed by atoms with Gasteiger partial charge in [0.1, 0.15) is 42.0 Å². The highest BCUT2D eigenvalue weighted by atomic mass is 32.2. The van der Waals surface area contributed by atoms with Crippen LogP contribution in [0.4, 0.5) is 5.82 Å². The van der Waals surface area contributed by atoms with Crippen molar-refractivity contribution in [3.8, 4) is 0 Å². The summed E-state index contributed by atoms with van der Waals surface area (Å²) < 4.78 is 62.3. The molecule has 0 aromatic carbocycles. The number of fused-ring (bicyclic) bond motifs is 1. The number of rotatable bonds is 31. The van der Waals surface area contributed by atoms with Gasteiger partial charge >= 0.3 is 23.5 Å². The van der Waals surface area contributed by atoms with Gasteiger partial charge in [-0.3, -0.25) is 37.3 Å². The minimum atomic E-state index is -5.59. The number of phosphoric acid groups is 3. The van der Waals surface area contributed by atoms with Crippen molar-refractivity contribution in [3.63, 3.8) is 0 Å². The third kappa shape index (κ3) is 19.2. The van der Waals surface area contributed by atoms with Crippen LogP contribution < -0.4 is 16.4 Å². The van der Waals surface area contributed by atoms with Crippen molar-refractivity contribution < 1.29 is 85.3 Å². The van der Waals surface area contributed by atoms with E-state index >= 15 is 0 Å². The number of carbonyl (C=O) groups excluding carboxylic acids is 4. The van der Waals surface area contributed by atoms with E-state index in [9.17, 15) is 62.7 Å². The number of carbonyl (C=O) groups is 4. The number of Topliss-reactive ketones (excluding diaryl/α,β-unsaturated/α-hetero) is 1. The first kappa shape index (κ1) is 55.6. The molecule has 7 atom stereocenters. The van der Waals surface area contributed by atoms with Gasteiger partial charge in [0.2, 0.25) is 11.8 Å². The van der Waals surface area contributed by atoms with Crippen molar-refractivity contribution in [2.45, 2.75) is 128 Å². The Hall–Kier alpha value is -2.77. The van der Waals surface area contributed by atoms with Crippen molar-refractivity contribution in [2.24, 2.45) is 5.41 Å². The number of unbranched alkanes of at least 4 members (excludes halogenated alkanes) is 8. The number of imidazole rings is 1. The van der Waals surface area contributed by atoms with Gasteiger partial charge in [-0.15, -0.1) is 0 Å². The zero-order valence-corrected chi connectivity index (χ0v) is 39.3. The molecule has 2 aromatic heterocycles. The lowest BCUT2D eigenvalue weighted by molar-refractivity contribution is -0.137. The molecule has 2 amide bonds. The maximum atomic E-state index is 12.7. The summed E-state index contributed by atoms with van der Waals surface area (Å²) in [6.45, 7) is 2.52. The summed E-state index contributed by atoms with van der Waals surface area (Å²) in [5, 5.41) is 26.2. The van der Waals surface area contributed by atoms with Crippen LogP contribution in [-0.4, -0.2) is 128 Å². The molecule has 64 heavy (non-hydrogen) atoms. The summed E-state index contributed by atoms with van der Waals surface area (Å²) in [6, 6.07) is 0. The number of aliphatic hydroxyl groups is 2. The molecule has 0 saturated carbocycles. The van der Waals surface area contributed by atoms with Crippen LogP contribution in [0.2, 0.25) is 0 Å².